The van der Waals surface area contributed by atoms with E-state index < -0.39 is 6.10 Å². The summed E-state index contributed by atoms with van der Waals surface area (Å²) in [7, 11) is 0. The smallest absolute Gasteiger partial charge is 0.123 e. The third kappa shape index (κ3) is 2.25. The molecule has 94 valence electrons. The predicted octanol–water partition coefficient (Wildman–Crippen LogP) is 1.73. The number of nitrogens with zero attached hydrogens (tertiary/aromatic N) is 2. The summed E-state index contributed by atoms with van der Waals surface area (Å²) >= 11 is 1.60. The van der Waals surface area contributed by atoms with Crippen LogP contribution in [-0.4, -0.2) is 40.7 Å². The Morgan fingerprint density at radius 1 is 1.65 bits per heavy atom. The lowest BCUT2D eigenvalue weighted by molar-refractivity contribution is -0.0503. The van der Waals surface area contributed by atoms with Crippen LogP contribution >= 0.6 is 11.3 Å². The molecule has 0 saturated carbocycles. The van der Waals surface area contributed by atoms with Crippen LogP contribution in [0.4, 0.5) is 0 Å². The molecule has 0 radical (unpaired) electrons. The van der Waals surface area contributed by atoms with E-state index in [1.165, 1.54) is 19.4 Å². The predicted molar refractivity (Wildman–Crippen MR) is 66.0 cm³/mol. The zero-order valence-electron chi connectivity index (χ0n) is 10.0. The molecule has 17 heavy (non-hydrogen) atoms. The highest BCUT2D eigenvalue weighted by Crippen LogP contribution is 2.32. The van der Waals surface area contributed by atoms with Crippen molar-refractivity contribution >= 4 is 11.3 Å². The minimum atomic E-state index is -0.483. The van der Waals surface area contributed by atoms with Gasteiger partial charge in [0.15, 0.2) is 0 Å². The number of hydrogen-bond donors (Lipinski definition) is 1. The van der Waals surface area contributed by atoms with E-state index in [0.29, 0.717) is 6.04 Å². The molecule has 1 aromatic rings. The molecule has 2 saturated heterocycles. The molecule has 1 N–H and O–H groups in total. The van der Waals surface area contributed by atoms with Crippen molar-refractivity contribution in [1.82, 2.24) is 9.88 Å². The van der Waals surface area contributed by atoms with Gasteiger partial charge in [-0.3, -0.25) is 4.90 Å². The number of aliphatic hydroxyl groups is 1. The third-order valence-corrected chi connectivity index (χ3v) is 4.59. The van der Waals surface area contributed by atoms with Crippen molar-refractivity contribution in [2.75, 3.05) is 19.7 Å². The van der Waals surface area contributed by atoms with Gasteiger partial charge in [0, 0.05) is 18.0 Å². The first kappa shape index (κ1) is 11.6. The van der Waals surface area contributed by atoms with Crippen LogP contribution in [0.3, 0.4) is 0 Å². The van der Waals surface area contributed by atoms with Gasteiger partial charge in [-0.1, -0.05) is 0 Å². The lowest BCUT2D eigenvalue weighted by atomic mass is 10.2. The van der Waals surface area contributed by atoms with E-state index in [9.17, 15) is 5.11 Å². The van der Waals surface area contributed by atoms with Gasteiger partial charge in [-0.2, -0.15) is 0 Å². The summed E-state index contributed by atoms with van der Waals surface area (Å²) in [6.07, 6.45) is 2.17. The molecule has 3 heterocycles. The zero-order valence-corrected chi connectivity index (χ0v) is 10.8. The normalized spacial score (nSPS) is 31.4. The summed E-state index contributed by atoms with van der Waals surface area (Å²) in [5.41, 5.74) is 0.761. The summed E-state index contributed by atoms with van der Waals surface area (Å²) in [5.74, 6) is 0. The summed E-state index contributed by atoms with van der Waals surface area (Å²) in [4.78, 5) is 6.98. The van der Waals surface area contributed by atoms with Crippen molar-refractivity contribution in [2.45, 2.75) is 38.0 Å². The van der Waals surface area contributed by atoms with E-state index >= 15 is 0 Å². The number of rotatable bonds is 2. The summed E-state index contributed by atoms with van der Waals surface area (Å²) in [5, 5.41) is 12.4. The van der Waals surface area contributed by atoms with E-state index in [-0.39, 0.29) is 6.10 Å². The van der Waals surface area contributed by atoms with Crippen molar-refractivity contribution in [2.24, 2.45) is 0 Å². The number of aromatic nitrogens is 1. The van der Waals surface area contributed by atoms with E-state index in [0.717, 1.165) is 23.9 Å². The van der Waals surface area contributed by atoms with E-state index in [1.54, 1.807) is 18.3 Å². The minimum absolute atomic E-state index is 0.0989. The molecule has 2 aliphatic rings. The van der Waals surface area contributed by atoms with Gasteiger partial charge in [0.2, 0.25) is 0 Å². The Morgan fingerprint density at radius 3 is 3.29 bits per heavy atom. The second-order valence-corrected chi connectivity index (χ2v) is 5.79. The van der Waals surface area contributed by atoms with Crippen LogP contribution in [0.2, 0.25) is 0 Å². The van der Waals surface area contributed by atoms with Crippen molar-refractivity contribution in [3.63, 3.8) is 0 Å². The van der Waals surface area contributed by atoms with Crippen LogP contribution in [0.25, 0.3) is 0 Å². The quantitative estimate of drug-likeness (QED) is 0.873. The zero-order chi connectivity index (χ0) is 11.8. The molecule has 3 rings (SSSR count). The highest BCUT2D eigenvalue weighted by molar-refractivity contribution is 7.09. The maximum absolute atomic E-state index is 9.48. The van der Waals surface area contributed by atoms with Crippen molar-refractivity contribution in [1.29, 1.82) is 0 Å². The van der Waals surface area contributed by atoms with Gasteiger partial charge in [0.05, 0.1) is 18.4 Å². The van der Waals surface area contributed by atoms with Gasteiger partial charge >= 0.3 is 0 Å². The minimum Gasteiger partial charge on any atom is -0.387 e. The Morgan fingerprint density at radius 2 is 2.53 bits per heavy atom. The molecule has 3 atom stereocenters. The molecular weight excluding hydrogens is 236 g/mol. The van der Waals surface area contributed by atoms with Crippen LogP contribution in [0.1, 0.15) is 42.7 Å². The molecule has 1 aromatic heterocycles. The number of morpholine rings is 1. The van der Waals surface area contributed by atoms with Crippen LogP contribution < -0.4 is 0 Å². The second kappa shape index (κ2) is 4.65. The first-order valence-corrected chi connectivity index (χ1v) is 7.11. The second-order valence-electron chi connectivity index (χ2n) is 4.90. The first-order chi connectivity index (χ1) is 8.24. The topological polar surface area (TPSA) is 45.6 Å². The number of ether oxygens (including phenoxy) is 1. The Hall–Kier alpha value is -0.490. The number of aliphatic hydroxyl groups excluding tert-OH is 1. The Kier molecular flexibility index (Phi) is 3.17. The number of hydrogen-bond acceptors (Lipinski definition) is 5. The lowest BCUT2D eigenvalue weighted by Crippen LogP contribution is -2.42. The number of thiazole rings is 1. The van der Waals surface area contributed by atoms with Crippen LogP contribution in [0.5, 0.6) is 0 Å². The summed E-state index contributed by atoms with van der Waals surface area (Å²) < 4.78 is 5.90. The van der Waals surface area contributed by atoms with Crippen LogP contribution in [0.15, 0.2) is 5.38 Å². The van der Waals surface area contributed by atoms with E-state index in [1.807, 2.05) is 5.38 Å². The molecule has 4 nitrogen and oxygen atoms in total. The molecule has 0 aromatic carbocycles. The summed E-state index contributed by atoms with van der Waals surface area (Å²) in [6, 6.07) is 0.627. The number of fused-ring (bicyclic) bond motifs is 1. The fourth-order valence-corrected chi connectivity index (χ4v) is 3.55. The van der Waals surface area contributed by atoms with Crippen molar-refractivity contribution in [3.05, 3.63) is 16.1 Å². The van der Waals surface area contributed by atoms with Crippen LogP contribution in [-0.2, 0) is 4.74 Å². The molecule has 2 fully saturated rings. The molecule has 0 amide bonds. The highest BCUT2D eigenvalue weighted by atomic mass is 32.1. The van der Waals surface area contributed by atoms with Gasteiger partial charge < -0.3 is 9.84 Å². The average Bonchev–Trinajstić information content (AvgIpc) is 2.97. The molecule has 0 aliphatic carbocycles. The van der Waals surface area contributed by atoms with Crippen LogP contribution in [0, 0.1) is 0 Å². The average molecular weight is 254 g/mol. The van der Waals surface area contributed by atoms with Gasteiger partial charge in [0.25, 0.3) is 0 Å². The molecule has 0 bridgehead atoms. The van der Waals surface area contributed by atoms with E-state index in [2.05, 4.69) is 9.88 Å². The summed E-state index contributed by atoms with van der Waals surface area (Å²) in [6.45, 7) is 4.72. The Bertz CT molecular complexity index is 394. The Balaban J connectivity index is 1.71. The van der Waals surface area contributed by atoms with Gasteiger partial charge in [0.1, 0.15) is 11.1 Å². The van der Waals surface area contributed by atoms with Crippen molar-refractivity contribution < 1.29 is 9.84 Å². The van der Waals surface area contributed by atoms with Gasteiger partial charge in [-0.05, 0) is 26.3 Å². The molecule has 3 unspecified atom stereocenters. The molecule has 5 heteroatoms. The SMILES string of the molecule is CC(O)c1csc(C2CN3CCCC3CO2)n1. The maximum atomic E-state index is 9.48. The fraction of sp³-hybridized carbons (Fsp3) is 0.750. The highest BCUT2D eigenvalue weighted by Gasteiger charge is 2.34. The van der Waals surface area contributed by atoms with Gasteiger partial charge in [-0.25, -0.2) is 4.98 Å². The fourth-order valence-electron chi connectivity index (χ4n) is 2.61. The van der Waals surface area contributed by atoms with E-state index in [4.69, 9.17) is 4.74 Å². The molecule has 2 aliphatic heterocycles. The maximum Gasteiger partial charge on any atom is 0.123 e. The monoisotopic (exact) mass is 254 g/mol. The molecule has 0 spiro atoms. The van der Waals surface area contributed by atoms with Gasteiger partial charge in [-0.15, -0.1) is 11.3 Å². The largest absolute Gasteiger partial charge is 0.387 e. The van der Waals surface area contributed by atoms with Crippen molar-refractivity contribution in [3.8, 4) is 0 Å². The standard InChI is InChI=1S/C12H18N2O2S/c1-8(15)10-7-17-12(13-10)11-5-14-4-2-3-9(14)6-16-11/h7-9,11,15H,2-6H2,1H3. The lowest BCUT2D eigenvalue weighted by Gasteiger charge is -2.34. The third-order valence-electron chi connectivity index (χ3n) is 3.63. The Labute approximate surface area is 105 Å². The first-order valence-electron chi connectivity index (χ1n) is 6.23. The molecular formula is C12H18N2O2S.